The van der Waals surface area contributed by atoms with Crippen LogP contribution in [0.2, 0.25) is 0 Å². The summed E-state index contributed by atoms with van der Waals surface area (Å²) in [5, 5.41) is 2.83. The fourth-order valence-electron chi connectivity index (χ4n) is 1.96. The predicted octanol–water partition coefficient (Wildman–Crippen LogP) is 3.14. The van der Waals surface area contributed by atoms with Crippen molar-refractivity contribution in [1.29, 1.82) is 0 Å². The van der Waals surface area contributed by atoms with Gasteiger partial charge in [0, 0.05) is 31.4 Å². The van der Waals surface area contributed by atoms with Crippen molar-refractivity contribution in [2.24, 2.45) is 5.41 Å². The number of aromatic nitrogens is 2. The molecule has 0 saturated carbocycles. The van der Waals surface area contributed by atoms with E-state index in [-0.39, 0.29) is 5.91 Å². The van der Waals surface area contributed by atoms with Gasteiger partial charge in [0.05, 0.1) is 11.9 Å². The van der Waals surface area contributed by atoms with Crippen LogP contribution in [0.25, 0.3) is 0 Å². The van der Waals surface area contributed by atoms with E-state index in [0.717, 1.165) is 18.7 Å². The zero-order chi connectivity index (χ0) is 16.9. The Morgan fingerprint density at radius 2 is 1.87 bits per heavy atom. The minimum atomic E-state index is -0.429. The third kappa shape index (κ3) is 5.06. The number of hydrogen-bond donors (Lipinski definition) is 1. The molecule has 2 aromatic heterocycles. The molecule has 0 spiro atoms. The van der Waals surface area contributed by atoms with E-state index in [1.165, 1.54) is 5.56 Å². The lowest BCUT2D eigenvalue weighted by Crippen LogP contribution is -2.28. The first-order valence-corrected chi connectivity index (χ1v) is 7.74. The van der Waals surface area contributed by atoms with Crippen LogP contribution in [0.3, 0.4) is 0 Å². The largest absolute Gasteiger partial charge is 0.373 e. The second-order valence-electron chi connectivity index (χ2n) is 6.63. The second kappa shape index (κ2) is 7.22. The van der Waals surface area contributed by atoms with E-state index in [1.54, 1.807) is 6.20 Å². The van der Waals surface area contributed by atoms with E-state index < -0.39 is 5.41 Å². The van der Waals surface area contributed by atoms with E-state index in [0.29, 0.717) is 5.82 Å². The van der Waals surface area contributed by atoms with Gasteiger partial charge in [-0.25, -0.2) is 4.98 Å². The molecule has 2 rings (SSSR count). The van der Waals surface area contributed by atoms with Crippen LogP contribution >= 0.6 is 0 Å². The van der Waals surface area contributed by atoms with Crippen LogP contribution in [-0.2, 0) is 11.2 Å². The van der Waals surface area contributed by atoms with Crippen molar-refractivity contribution in [3.8, 4) is 0 Å². The molecule has 1 N–H and O–H groups in total. The maximum Gasteiger partial charge on any atom is 0.230 e. The number of carbonyl (C=O) groups excluding carboxylic acids is 1. The molecular weight excluding hydrogens is 288 g/mol. The molecule has 0 aliphatic heterocycles. The lowest BCUT2D eigenvalue weighted by molar-refractivity contribution is -0.123. The van der Waals surface area contributed by atoms with Gasteiger partial charge in [-0.15, -0.1) is 0 Å². The summed E-state index contributed by atoms with van der Waals surface area (Å²) < 4.78 is 0. The smallest absolute Gasteiger partial charge is 0.230 e. The van der Waals surface area contributed by atoms with E-state index in [2.05, 4.69) is 20.2 Å². The van der Waals surface area contributed by atoms with Gasteiger partial charge in [-0.2, -0.15) is 0 Å². The van der Waals surface area contributed by atoms with Crippen LogP contribution in [0.1, 0.15) is 26.3 Å². The normalized spacial score (nSPS) is 11.1. The third-order valence-electron chi connectivity index (χ3n) is 3.60. The molecule has 0 bridgehead atoms. The summed E-state index contributed by atoms with van der Waals surface area (Å²) in [4.78, 5) is 22.4. The van der Waals surface area contributed by atoms with Crippen LogP contribution in [0.5, 0.6) is 0 Å². The fourth-order valence-corrected chi connectivity index (χ4v) is 1.96. The summed E-state index contributed by atoms with van der Waals surface area (Å²) in [6.07, 6.45) is 6.35. The van der Waals surface area contributed by atoms with Crippen molar-refractivity contribution in [2.75, 3.05) is 23.8 Å². The molecule has 0 fully saturated rings. The molecule has 5 heteroatoms. The summed E-state index contributed by atoms with van der Waals surface area (Å²) in [6.45, 7) is 6.52. The Balaban J connectivity index is 1.92. The first kappa shape index (κ1) is 16.9. The Morgan fingerprint density at radius 3 is 2.43 bits per heavy atom. The SMILES string of the molecule is CN(CCc1ccncc1)c1ccc(NC(=O)C(C)(C)C)nc1. The molecule has 0 aliphatic carbocycles. The summed E-state index contributed by atoms with van der Waals surface area (Å²) in [5.74, 6) is 0.542. The summed E-state index contributed by atoms with van der Waals surface area (Å²) in [6, 6.07) is 7.86. The molecule has 0 atom stereocenters. The first-order chi connectivity index (χ1) is 10.9. The van der Waals surface area contributed by atoms with Gasteiger partial charge in [0.25, 0.3) is 0 Å². The molecule has 2 heterocycles. The molecule has 5 nitrogen and oxygen atoms in total. The van der Waals surface area contributed by atoms with Crippen LogP contribution in [0, 0.1) is 5.41 Å². The first-order valence-electron chi connectivity index (χ1n) is 7.74. The number of likely N-dealkylation sites (N-methyl/N-ethyl adjacent to an activating group) is 1. The van der Waals surface area contributed by atoms with E-state index >= 15 is 0 Å². The topological polar surface area (TPSA) is 58.1 Å². The van der Waals surface area contributed by atoms with Gasteiger partial charge in [0.15, 0.2) is 0 Å². The number of anilines is 2. The molecule has 0 unspecified atom stereocenters. The highest BCUT2D eigenvalue weighted by Gasteiger charge is 2.21. The van der Waals surface area contributed by atoms with Crippen molar-refractivity contribution in [2.45, 2.75) is 27.2 Å². The number of carbonyl (C=O) groups is 1. The van der Waals surface area contributed by atoms with Crippen molar-refractivity contribution >= 4 is 17.4 Å². The molecule has 0 radical (unpaired) electrons. The highest BCUT2D eigenvalue weighted by Crippen LogP contribution is 2.18. The molecule has 2 aromatic rings. The van der Waals surface area contributed by atoms with Crippen molar-refractivity contribution in [1.82, 2.24) is 9.97 Å². The van der Waals surface area contributed by atoms with Crippen LogP contribution in [0.15, 0.2) is 42.9 Å². The van der Waals surface area contributed by atoms with E-state index in [1.807, 2.05) is 64.5 Å². The predicted molar refractivity (Wildman–Crippen MR) is 93.5 cm³/mol. The number of hydrogen-bond acceptors (Lipinski definition) is 4. The van der Waals surface area contributed by atoms with Gasteiger partial charge in [0.1, 0.15) is 5.82 Å². The van der Waals surface area contributed by atoms with Gasteiger partial charge >= 0.3 is 0 Å². The Labute approximate surface area is 137 Å². The molecular formula is C18H24N4O. The van der Waals surface area contributed by atoms with Crippen LogP contribution < -0.4 is 10.2 Å². The lowest BCUT2D eigenvalue weighted by Gasteiger charge is -2.20. The van der Waals surface area contributed by atoms with E-state index in [4.69, 9.17) is 0 Å². The summed E-state index contributed by atoms with van der Waals surface area (Å²) in [5.41, 5.74) is 1.85. The zero-order valence-corrected chi connectivity index (χ0v) is 14.2. The van der Waals surface area contributed by atoms with Gasteiger partial charge in [-0.1, -0.05) is 20.8 Å². The number of nitrogens with zero attached hydrogens (tertiary/aromatic N) is 3. The quantitative estimate of drug-likeness (QED) is 0.921. The van der Waals surface area contributed by atoms with Gasteiger partial charge < -0.3 is 10.2 Å². The minimum absolute atomic E-state index is 0.0382. The zero-order valence-electron chi connectivity index (χ0n) is 14.2. The van der Waals surface area contributed by atoms with Gasteiger partial charge in [0.2, 0.25) is 5.91 Å². The number of pyridine rings is 2. The molecule has 23 heavy (non-hydrogen) atoms. The fraction of sp³-hybridized carbons (Fsp3) is 0.389. The second-order valence-corrected chi connectivity index (χ2v) is 6.63. The highest BCUT2D eigenvalue weighted by molar-refractivity contribution is 5.93. The molecule has 0 saturated heterocycles. The lowest BCUT2D eigenvalue weighted by atomic mass is 9.96. The molecule has 0 aliphatic rings. The highest BCUT2D eigenvalue weighted by atomic mass is 16.2. The molecule has 122 valence electrons. The maximum absolute atomic E-state index is 11.9. The Hall–Kier alpha value is -2.43. The third-order valence-corrected chi connectivity index (χ3v) is 3.60. The van der Waals surface area contributed by atoms with Crippen molar-refractivity contribution in [3.63, 3.8) is 0 Å². The number of rotatable bonds is 5. The Bertz CT molecular complexity index is 632. The van der Waals surface area contributed by atoms with E-state index in [9.17, 15) is 4.79 Å². The number of nitrogens with one attached hydrogen (secondary N) is 1. The Kier molecular flexibility index (Phi) is 5.32. The van der Waals surface area contributed by atoms with Gasteiger partial charge in [-0.3, -0.25) is 9.78 Å². The van der Waals surface area contributed by atoms with Crippen molar-refractivity contribution < 1.29 is 4.79 Å². The number of amides is 1. The molecule has 0 aromatic carbocycles. The maximum atomic E-state index is 11.9. The molecule has 1 amide bonds. The Morgan fingerprint density at radius 1 is 1.17 bits per heavy atom. The monoisotopic (exact) mass is 312 g/mol. The standard InChI is InChI=1S/C18H24N4O/c1-18(2,3)17(23)21-16-6-5-15(13-20-16)22(4)12-9-14-7-10-19-11-8-14/h5-8,10-11,13H,9,12H2,1-4H3,(H,20,21,23). The van der Waals surface area contributed by atoms with Crippen LogP contribution in [-0.4, -0.2) is 29.5 Å². The van der Waals surface area contributed by atoms with Gasteiger partial charge in [-0.05, 0) is 36.2 Å². The van der Waals surface area contributed by atoms with Crippen molar-refractivity contribution in [3.05, 3.63) is 48.4 Å². The summed E-state index contributed by atoms with van der Waals surface area (Å²) in [7, 11) is 2.03. The summed E-state index contributed by atoms with van der Waals surface area (Å²) >= 11 is 0. The van der Waals surface area contributed by atoms with Crippen LogP contribution in [0.4, 0.5) is 11.5 Å². The average molecular weight is 312 g/mol. The minimum Gasteiger partial charge on any atom is -0.373 e. The average Bonchev–Trinajstić information content (AvgIpc) is 2.53.